The summed E-state index contributed by atoms with van der Waals surface area (Å²) in [4.78, 5) is 12.5. The van der Waals surface area contributed by atoms with Gasteiger partial charge in [-0.05, 0) is 44.2 Å². The molecule has 0 saturated heterocycles. The van der Waals surface area contributed by atoms with Crippen molar-refractivity contribution in [2.45, 2.75) is 57.5 Å². The maximum atomic E-state index is 12.5. The van der Waals surface area contributed by atoms with Gasteiger partial charge in [0.05, 0.1) is 6.04 Å². The van der Waals surface area contributed by atoms with Gasteiger partial charge in [0.15, 0.2) is 11.5 Å². The molecule has 3 rings (SSSR count). The van der Waals surface area contributed by atoms with E-state index in [1.807, 2.05) is 35.7 Å². The Morgan fingerprint density at radius 3 is 2.84 bits per heavy atom. The Kier molecular flexibility index (Phi) is 5.86. The second-order valence-electron chi connectivity index (χ2n) is 6.84. The van der Waals surface area contributed by atoms with E-state index >= 15 is 0 Å². The third-order valence-corrected chi connectivity index (χ3v) is 5.05. The molecule has 0 aliphatic heterocycles. The molecule has 7 nitrogen and oxygen atoms in total. The Balaban J connectivity index is 1.62. The van der Waals surface area contributed by atoms with Crippen molar-refractivity contribution in [3.05, 3.63) is 30.2 Å². The molecule has 3 N–H and O–H groups in total. The van der Waals surface area contributed by atoms with Crippen molar-refractivity contribution >= 4 is 11.7 Å². The molecule has 136 valence electrons. The van der Waals surface area contributed by atoms with Gasteiger partial charge in [-0.25, -0.2) is 4.79 Å². The highest BCUT2D eigenvalue weighted by Crippen LogP contribution is 2.27. The van der Waals surface area contributed by atoms with Crippen LogP contribution in [0, 0.1) is 5.92 Å². The summed E-state index contributed by atoms with van der Waals surface area (Å²) in [6, 6.07) is 5.23. The first-order chi connectivity index (χ1) is 12.2. The number of carbonyl (C=O) groups excluding carboxylic acids is 1. The lowest BCUT2D eigenvalue weighted by Crippen LogP contribution is -2.47. The van der Waals surface area contributed by atoms with Crippen LogP contribution in [0.3, 0.4) is 0 Å². The highest BCUT2D eigenvalue weighted by atomic mass is 16.3. The molecule has 1 aliphatic rings. The molecule has 2 aromatic rings. The zero-order chi connectivity index (χ0) is 17.6. The molecule has 0 spiro atoms. The average Bonchev–Trinajstić information content (AvgIpc) is 3.06. The van der Waals surface area contributed by atoms with Crippen LogP contribution in [-0.2, 0) is 0 Å². The maximum Gasteiger partial charge on any atom is 0.315 e. The molecular formula is C18H27N5O2. The van der Waals surface area contributed by atoms with Crippen LogP contribution in [0.4, 0.5) is 4.79 Å². The summed E-state index contributed by atoms with van der Waals surface area (Å²) >= 11 is 0. The minimum absolute atomic E-state index is 0.0210. The fourth-order valence-corrected chi connectivity index (χ4v) is 3.73. The zero-order valence-electron chi connectivity index (χ0n) is 14.7. The van der Waals surface area contributed by atoms with Crippen LogP contribution < -0.4 is 10.6 Å². The number of nitrogens with one attached hydrogen (secondary N) is 2. The fourth-order valence-electron chi connectivity index (χ4n) is 3.73. The smallest absolute Gasteiger partial charge is 0.315 e. The van der Waals surface area contributed by atoms with E-state index in [0.717, 1.165) is 18.5 Å². The number of aliphatic hydroxyl groups excluding tert-OH is 1. The Bertz CT molecular complexity index is 696. The van der Waals surface area contributed by atoms with Crippen molar-refractivity contribution in [1.82, 2.24) is 25.2 Å². The predicted octanol–water partition coefficient (Wildman–Crippen LogP) is 2.42. The van der Waals surface area contributed by atoms with Gasteiger partial charge in [0.25, 0.3) is 0 Å². The maximum absolute atomic E-state index is 12.5. The second kappa shape index (κ2) is 8.29. The largest absolute Gasteiger partial charge is 0.396 e. The molecule has 0 radical (unpaired) electrons. The van der Waals surface area contributed by atoms with Crippen LogP contribution in [0.15, 0.2) is 24.4 Å². The summed E-state index contributed by atoms with van der Waals surface area (Å²) in [6.07, 6.45) is 8.41. The van der Waals surface area contributed by atoms with Gasteiger partial charge >= 0.3 is 6.03 Å². The minimum atomic E-state index is -0.265. The van der Waals surface area contributed by atoms with E-state index in [1.165, 1.54) is 19.3 Å². The van der Waals surface area contributed by atoms with Crippen LogP contribution in [0.25, 0.3) is 5.65 Å². The Labute approximate surface area is 147 Å². The van der Waals surface area contributed by atoms with Gasteiger partial charge in [-0.15, -0.1) is 10.2 Å². The third-order valence-electron chi connectivity index (χ3n) is 5.05. The molecule has 0 bridgehead atoms. The van der Waals surface area contributed by atoms with E-state index in [4.69, 9.17) is 0 Å². The summed E-state index contributed by atoms with van der Waals surface area (Å²) in [5.74, 6) is 1.15. The van der Waals surface area contributed by atoms with Crippen LogP contribution in [-0.4, -0.2) is 38.4 Å². The van der Waals surface area contributed by atoms with Crippen molar-refractivity contribution < 1.29 is 9.90 Å². The van der Waals surface area contributed by atoms with Crippen LogP contribution in [0.2, 0.25) is 0 Å². The van der Waals surface area contributed by atoms with E-state index in [9.17, 15) is 9.90 Å². The SMILES string of the molecule is CC(NC(=O)NC(CCO)C1CCCCC1)c1nnc2ccccn12. The number of rotatable bonds is 6. The first kappa shape index (κ1) is 17.7. The molecule has 1 fully saturated rings. The molecule has 25 heavy (non-hydrogen) atoms. The lowest BCUT2D eigenvalue weighted by Gasteiger charge is -2.31. The number of aromatic nitrogens is 3. The molecular weight excluding hydrogens is 318 g/mol. The molecule has 1 aliphatic carbocycles. The van der Waals surface area contributed by atoms with Crippen molar-refractivity contribution in [2.75, 3.05) is 6.61 Å². The number of pyridine rings is 1. The van der Waals surface area contributed by atoms with Gasteiger partial charge in [0.1, 0.15) is 0 Å². The Morgan fingerprint density at radius 1 is 1.28 bits per heavy atom. The molecule has 7 heteroatoms. The van der Waals surface area contributed by atoms with Gasteiger partial charge in [-0.2, -0.15) is 0 Å². The second-order valence-corrected chi connectivity index (χ2v) is 6.84. The van der Waals surface area contributed by atoms with Gasteiger partial charge in [-0.1, -0.05) is 25.3 Å². The molecule has 0 aromatic carbocycles. The van der Waals surface area contributed by atoms with E-state index in [0.29, 0.717) is 18.2 Å². The number of fused-ring (bicyclic) bond motifs is 1. The quantitative estimate of drug-likeness (QED) is 0.750. The van der Waals surface area contributed by atoms with E-state index in [1.54, 1.807) is 0 Å². The highest BCUT2D eigenvalue weighted by Gasteiger charge is 2.25. The van der Waals surface area contributed by atoms with E-state index in [-0.39, 0.29) is 24.7 Å². The lowest BCUT2D eigenvalue weighted by molar-refractivity contribution is 0.195. The topological polar surface area (TPSA) is 91.5 Å². The summed E-state index contributed by atoms with van der Waals surface area (Å²) in [5.41, 5.74) is 0.756. The lowest BCUT2D eigenvalue weighted by atomic mass is 9.83. The molecule has 2 unspecified atom stereocenters. The predicted molar refractivity (Wildman–Crippen MR) is 95.1 cm³/mol. The van der Waals surface area contributed by atoms with Crippen molar-refractivity contribution in [2.24, 2.45) is 5.92 Å². The highest BCUT2D eigenvalue weighted by molar-refractivity contribution is 5.74. The molecule has 1 saturated carbocycles. The summed E-state index contributed by atoms with van der Waals surface area (Å²) in [6.45, 7) is 1.98. The number of aliphatic hydroxyl groups is 1. The third kappa shape index (κ3) is 4.28. The van der Waals surface area contributed by atoms with Crippen molar-refractivity contribution in [3.8, 4) is 0 Å². The molecule has 2 heterocycles. The van der Waals surface area contributed by atoms with E-state index in [2.05, 4.69) is 20.8 Å². The van der Waals surface area contributed by atoms with Crippen molar-refractivity contribution in [3.63, 3.8) is 0 Å². The zero-order valence-corrected chi connectivity index (χ0v) is 14.7. The van der Waals surface area contributed by atoms with Crippen molar-refractivity contribution in [1.29, 1.82) is 0 Å². The van der Waals surface area contributed by atoms with E-state index < -0.39 is 0 Å². The molecule has 2 atom stereocenters. The van der Waals surface area contributed by atoms with Gasteiger partial charge in [0.2, 0.25) is 0 Å². The molecule has 2 aromatic heterocycles. The summed E-state index contributed by atoms with van der Waals surface area (Å²) in [5, 5.41) is 23.6. The normalized spacial score (nSPS) is 18.0. The minimum Gasteiger partial charge on any atom is -0.396 e. The monoisotopic (exact) mass is 345 g/mol. The number of carbonyl (C=O) groups is 1. The summed E-state index contributed by atoms with van der Waals surface area (Å²) in [7, 11) is 0. The Hall–Kier alpha value is -2.15. The first-order valence-electron chi connectivity index (χ1n) is 9.16. The molecule has 2 amide bonds. The van der Waals surface area contributed by atoms with Crippen LogP contribution >= 0.6 is 0 Å². The standard InChI is InChI=1S/C18H27N5O2/c1-13(17-22-21-16-9-5-6-11-23(16)17)19-18(25)20-15(10-12-24)14-7-3-2-4-8-14/h5-6,9,11,13-15,24H,2-4,7-8,10,12H2,1H3,(H2,19,20,25). The first-order valence-corrected chi connectivity index (χ1v) is 9.16. The van der Waals surface area contributed by atoms with Gasteiger partial charge in [0, 0.05) is 18.8 Å². The number of urea groups is 1. The Morgan fingerprint density at radius 2 is 2.08 bits per heavy atom. The number of nitrogens with zero attached hydrogens (tertiary/aromatic N) is 3. The number of hydrogen-bond donors (Lipinski definition) is 3. The summed E-state index contributed by atoms with van der Waals surface area (Å²) < 4.78 is 1.87. The van der Waals surface area contributed by atoms with Gasteiger partial charge < -0.3 is 15.7 Å². The van der Waals surface area contributed by atoms with Crippen LogP contribution in [0.1, 0.15) is 57.3 Å². The average molecular weight is 345 g/mol. The van der Waals surface area contributed by atoms with Crippen LogP contribution in [0.5, 0.6) is 0 Å². The fraction of sp³-hybridized carbons (Fsp3) is 0.611. The number of amides is 2. The van der Waals surface area contributed by atoms with Gasteiger partial charge in [-0.3, -0.25) is 4.40 Å². The number of hydrogen-bond acceptors (Lipinski definition) is 4.